The van der Waals surface area contributed by atoms with Gasteiger partial charge in [-0.05, 0) is 34.2 Å². The lowest BCUT2D eigenvalue weighted by Gasteiger charge is -2.24. The van der Waals surface area contributed by atoms with E-state index >= 15 is 0 Å². The summed E-state index contributed by atoms with van der Waals surface area (Å²) in [4.78, 5) is 38.3. The van der Waals surface area contributed by atoms with Gasteiger partial charge in [-0.15, -0.1) is 0 Å². The Hall–Kier alpha value is -3.69. The second kappa shape index (κ2) is 12.9. The fraction of sp³-hybridized carbons (Fsp3) is 0.296. The predicted molar refractivity (Wildman–Crippen MR) is 138 cm³/mol. The van der Waals surface area contributed by atoms with Crippen molar-refractivity contribution in [2.24, 2.45) is 5.92 Å². The second-order valence-electron chi connectivity index (χ2n) is 9.07. The average Bonchev–Trinajstić information content (AvgIpc) is 2.86. The molecule has 0 saturated heterocycles. The number of hydrogen-bond acceptors (Lipinski definition) is 6. The van der Waals surface area contributed by atoms with Crippen LogP contribution in [0.4, 0.5) is 4.79 Å². The van der Waals surface area contributed by atoms with Gasteiger partial charge >= 0.3 is 13.2 Å². The second-order valence-corrected chi connectivity index (χ2v) is 9.07. The van der Waals surface area contributed by atoms with E-state index < -0.39 is 36.9 Å². The van der Waals surface area contributed by atoms with Crippen molar-refractivity contribution in [2.45, 2.75) is 45.4 Å². The van der Waals surface area contributed by atoms with Gasteiger partial charge in [-0.1, -0.05) is 86.6 Å². The lowest BCUT2D eigenvalue weighted by atomic mass is 9.77. The van der Waals surface area contributed by atoms with Crippen molar-refractivity contribution in [2.75, 3.05) is 0 Å². The van der Waals surface area contributed by atoms with Gasteiger partial charge in [-0.3, -0.25) is 4.79 Å². The minimum Gasteiger partial charge on any atom is -0.445 e. The molecule has 0 bridgehead atoms. The lowest BCUT2D eigenvalue weighted by molar-refractivity contribution is -0.127. The third-order valence-electron chi connectivity index (χ3n) is 5.75. The average molecular weight is 490 g/mol. The highest BCUT2D eigenvalue weighted by Gasteiger charge is 2.33. The van der Waals surface area contributed by atoms with Crippen LogP contribution in [-0.2, 0) is 27.4 Å². The van der Waals surface area contributed by atoms with E-state index in [9.17, 15) is 24.4 Å². The van der Waals surface area contributed by atoms with E-state index in [-0.39, 0.29) is 25.4 Å². The number of carbonyl (C=O) groups excluding carboxylic acids is 3. The van der Waals surface area contributed by atoms with Gasteiger partial charge in [0.1, 0.15) is 12.6 Å². The van der Waals surface area contributed by atoms with Crippen molar-refractivity contribution in [3.63, 3.8) is 0 Å². The molecule has 0 aromatic heterocycles. The van der Waals surface area contributed by atoms with E-state index in [0.29, 0.717) is 0 Å². The van der Waals surface area contributed by atoms with E-state index in [2.05, 4.69) is 10.6 Å². The molecule has 0 heterocycles. The summed E-state index contributed by atoms with van der Waals surface area (Å²) in [6.07, 6.45) is -0.437. The van der Waals surface area contributed by atoms with E-state index in [1.54, 1.807) is 0 Å². The Bertz CT molecular complexity index is 1180. The SMILES string of the molecule is CC(C)C[C@H](NC(=O)[C@H](Cc1cccc2ccccc12)NC(=O)OCc1ccccc1)C(=O)B(O)O. The van der Waals surface area contributed by atoms with Crippen molar-refractivity contribution >= 4 is 35.6 Å². The molecule has 0 fully saturated rings. The van der Waals surface area contributed by atoms with Crippen molar-refractivity contribution in [1.82, 2.24) is 10.6 Å². The number of alkyl carbamates (subject to hydrolysis) is 1. The molecule has 2 atom stereocenters. The van der Waals surface area contributed by atoms with Crippen LogP contribution in [0.2, 0.25) is 0 Å². The topological polar surface area (TPSA) is 125 Å². The zero-order valence-electron chi connectivity index (χ0n) is 20.4. The number of ether oxygens (including phenoxy) is 1. The highest BCUT2D eigenvalue weighted by atomic mass is 16.5. The monoisotopic (exact) mass is 490 g/mol. The molecule has 0 aliphatic carbocycles. The Balaban J connectivity index is 1.81. The highest BCUT2D eigenvalue weighted by molar-refractivity contribution is 6.79. The van der Waals surface area contributed by atoms with Crippen molar-refractivity contribution in [3.8, 4) is 0 Å². The Labute approximate surface area is 210 Å². The summed E-state index contributed by atoms with van der Waals surface area (Å²) < 4.78 is 5.31. The molecule has 4 N–H and O–H groups in total. The maximum atomic E-state index is 13.3. The van der Waals surface area contributed by atoms with Gasteiger partial charge in [0.15, 0.2) is 5.68 Å². The Kier molecular flexibility index (Phi) is 9.61. The van der Waals surface area contributed by atoms with Crippen LogP contribution in [0.15, 0.2) is 72.8 Å². The first-order valence-corrected chi connectivity index (χ1v) is 11.9. The molecule has 0 aliphatic heterocycles. The van der Waals surface area contributed by atoms with Crippen LogP contribution in [0.3, 0.4) is 0 Å². The molecule has 9 heteroatoms. The molecule has 0 unspecified atom stereocenters. The zero-order chi connectivity index (χ0) is 26.1. The van der Waals surface area contributed by atoms with Gasteiger partial charge in [0.05, 0.1) is 6.04 Å². The van der Waals surface area contributed by atoms with E-state index in [1.165, 1.54) is 0 Å². The zero-order valence-corrected chi connectivity index (χ0v) is 20.4. The highest BCUT2D eigenvalue weighted by Crippen LogP contribution is 2.20. The van der Waals surface area contributed by atoms with Crippen LogP contribution in [0.1, 0.15) is 31.4 Å². The van der Waals surface area contributed by atoms with Gasteiger partial charge in [0, 0.05) is 6.42 Å². The number of nitrogens with one attached hydrogen (secondary N) is 2. The van der Waals surface area contributed by atoms with Crippen LogP contribution in [0.25, 0.3) is 10.8 Å². The van der Waals surface area contributed by atoms with Crippen molar-refractivity contribution in [1.29, 1.82) is 0 Å². The summed E-state index contributed by atoms with van der Waals surface area (Å²) in [5.74, 6) is -0.627. The maximum Gasteiger partial charge on any atom is 0.529 e. The molecular formula is C27H31BN2O6. The Morgan fingerprint density at radius 1 is 0.861 bits per heavy atom. The van der Waals surface area contributed by atoms with E-state index in [1.807, 2.05) is 86.6 Å². The van der Waals surface area contributed by atoms with Gasteiger partial charge in [0.25, 0.3) is 0 Å². The summed E-state index contributed by atoms with van der Waals surface area (Å²) >= 11 is 0. The first-order chi connectivity index (χ1) is 17.2. The summed E-state index contributed by atoms with van der Waals surface area (Å²) in [5, 5.41) is 25.9. The molecule has 2 amide bonds. The van der Waals surface area contributed by atoms with Crippen LogP contribution < -0.4 is 10.6 Å². The summed E-state index contributed by atoms with van der Waals surface area (Å²) in [5.41, 5.74) is 0.709. The lowest BCUT2D eigenvalue weighted by Crippen LogP contribution is -2.55. The molecule has 0 spiro atoms. The number of amides is 2. The molecule has 3 aromatic carbocycles. The van der Waals surface area contributed by atoms with E-state index in [4.69, 9.17) is 4.74 Å². The van der Waals surface area contributed by atoms with Crippen molar-refractivity contribution < 1.29 is 29.2 Å². The summed E-state index contributed by atoms with van der Waals surface area (Å²) in [6.45, 7) is 3.73. The molecule has 0 aliphatic rings. The molecule has 36 heavy (non-hydrogen) atoms. The van der Waals surface area contributed by atoms with Crippen LogP contribution >= 0.6 is 0 Å². The van der Waals surface area contributed by atoms with E-state index in [0.717, 1.165) is 21.9 Å². The Morgan fingerprint density at radius 2 is 1.53 bits per heavy atom. The minimum atomic E-state index is -2.21. The van der Waals surface area contributed by atoms with Crippen molar-refractivity contribution in [3.05, 3.63) is 83.9 Å². The van der Waals surface area contributed by atoms with Gasteiger partial charge < -0.3 is 30.2 Å². The third kappa shape index (κ3) is 7.66. The number of rotatable bonds is 11. The first-order valence-electron chi connectivity index (χ1n) is 11.9. The quantitative estimate of drug-likeness (QED) is 0.307. The smallest absolute Gasteiger partial charge is 0.445 e. The number of benzene rings is 3. The number of carbonyl (C=O) groups is 3. The predicted octanol–water partition coefficient (Wildman–Crippen LogP) is 2.79. The van der Waals surface area contributed by atoms with Gasteiger partial charge in [-0.2, -0.15) is 0 Å². The number of hydrogen-bond donors (Lipinski definition) is 4. The summed E-state index contributed by atoms with van der Waals surface area (Å²) in [6, 6.07) is 20.3. The standard InChI is InChI=1S/C27H31BN2O6/c1-18(2)15-23(25(31)28(34)35)29-26(32)24(30-27(33)36-17-19-9-4-3-5-10-19)16-21-13-8-12-20-11-6-7-14-22(20)21/h3-14,18,23-24,34-35H,15-17H2,1-2H3,(H,29,32)(H,30,33)/t23-,24-/m0/s1. The fourth-order valence-corrected chi connectivity index (χ4v) is 3.98. The third-order valence-corrected chi connectivity index (χ3v) is 5.75. The van der Waals surface area contributed by atoms with Crippen LogP contribution in [0.5, 0.6) is 0 Å². The van der Waals surface area contributed by atoms with Gasteiger partial charge in [-0.25, -0.2) is 4.79 Å². The normalized spacial score (nSPS) is 12.6. The number of fused-ring (bicyclic) bond motifs is 1. The largest absolute Gasteiger partial charge is 0.529 e. The molecule has 3 aromatic rings. The molecule has 0 saturated carbocycles. The van der Waals surface area contributed by atoms with Gasteiger partial charge in [0.2, 0.25) is 5.91 Å². The molecule has 3 rings (SSSR count). The summed E-state index contributed by atoms with van der Waals surface area (Å²) in [7, 11) is -2.21. The maximum absolute atomic E-state index is 13.3. The molecule has 188 valence electrons. The fourth-order valence-electron chi connectivity index (χ4n) is 3.98. The van der Waals surface area contributed by atoms with Crippen LogP contribution in [-0.4, -0.2) is 46.9 Å². The first kappa shape index (κ1) is 26.9. The Morgan fingerprint density at radius 3 is 2.22 bits per heavy atom. The molecular weight excluding hydrogens is 459 g/mol. The minimum absolute atomic E-state index is 0.00156. The van der Waals surface area contributed by atoms with Crippen LogP contribution in [0, 0.1) is 5.92 Å². The molecule has 8 nitrogen and oxygen atoms in total. The molecule has 0 radical (unpaired) electrons.